The number of fused-ring (bicyclic) bond motifs is 3. The van der Waals surface area contributed by atoms with Crippen LogP contribution in [0.25, 0.3) is 17.2 Å². The third-order valence-electron chi connectivity index (χ3n) is 2.71. The molecule has 0 amide bonds. The van der Waals surface area contributed by atoms with E-state index in [-0.39, 0.29) is 0 Å². The molecule has 1 N–H and O–H groups in total. The Morgan fingerprint density at radius 2 is 2.33 bits per heavy atom. The SMILES string of the molecule is Cc1ccc2c3c(oc2n1)C(O)CC=C3. The first-order valence-corrected chi connectivity index (χ1v) is 5.00. The summed E-state index contributed by atoms with van der Waals surface area (Å²) in [6, 6.07) is 3.94. The Morgan fingerprint density at radius 3 is 3.20 bits per heavy atom. The first-order chi connectivity index (χ1) is 7.25. The van der Waals surface area contributed by atoms with Crippen molar-refractivity contribution in [1.82, 2.24) is 4.98 Å². The summed E-state index contributed by atoms with van der Waals surface area (Å²) in [5.41, 5.74) is 2.51. The molecule has 15 heavy (non-hydrogen) atoms. The number of aliphatic hydroxyl groups is 1. The minimum atomic E-state index is -0.528. The minimum Gasteiger partial charge on any atom is -0.439 e. The average molecular weight is 201 g/mol. The van der Waals surface area contributed by atoms with Crippen molar-refractivity contribution in [3.05, 3.63) is 35.2 Å². The molecule has 1 aliphatic rings. The Morgan fingerprint density at radius 1 is 1.47 bits per heavy atom. The fourth-order valence-corrected chi connectivity index (χ4v) is 1.95. The molecular weight excluding hydrogens is 190 g/mol. The molecule has 1 aliphatic carbocycles. The van der Waals surface area contributed by atoms with E-state index in [1.807, 2.05) is 31.2 Å². The predicted molar refractivity (Wildman–Crippen MR) is 57.4 cm³/mol. The topological polar surface area (TPSA) is 46.3 Å². The molecule has 76 valence electrons. The van der Waals surface area contributed by atoms with Crippen LogP contribution >= 0.6 is 0 Å². The van der Waals surface area contributed by atoms with Crippen molar-refractivity contribution in [2.45, 2.75) is 19.4 Å². The van der Waals surface area contributed by atoms with E-state index in [0.717, 1.165) is 16.6 Å². The van der Waals surface area contributed by atoms with Crippen LogP contribution in [0.2, 0.25) is 0 Å². The second-order valence-corrected chi connectivity index (χ2v) is 3.84. The van der Waals surface area contributed by atoms with Gasteiger partial charge in [-0.2, -0.15) is 0 Å². The van der Waals surface area contributed by atoms with E-state index in [1.54, 1.807) is 0 Å². The van der Waals surface area contributed by atoms with Gasteiger partial charge in [0.05, 0.1) is 0 Å². The molecule has 0 spiro atoms. The molecule has 0 radical (unpaired) electrons. The Kier molecular flexibility index (Phi) is 1.70. The smallest absolute Gasteiger partial charge is 0.227 e. The van der Waals surface area contributed by atoms with Crippen LogP contribution in [0.1, 0.15) is 29.5 Å². The summed E-state index contributed by atoms with van der Waals surface area (Å²) in [6.45, 7) is 1.92. The van der Waals surface area contributed by atoms with Gasteiger partial charge in [-0.1, -0.05) is 12.2 Å². The lowest BCUT2D eigenvalue weighted by Gasteiger charge is -2.09. The summed E-state index contributed by atoms with van der Waals surface area (Å²) in [6.07, 6.45) is 4.04. The molecule has 3 nitrogen and oxygen atoms in total. The second-order valence-electron chi connectivity index (χ2n) is 3.84. The molecule has 0 saturated heterocycles. The van der Waals surface area contributed by atoms with Crippen molar-refractivity contribution in [1.29, 1.82) is 0 Å². The molecule has 2 heterocycles. The van der Waals surface area contributed by atoms with E-state index in [0.29, 0.717) is 17.9 Å². The number of aryl methyl sites for hydroxylation is 1. The highest BCUT2D eigenvalue weighted by Crippen LogP contribution is 2.35. The molecule has 2 aromatic heterocycles. The number of nitrogens with zero attached hydrogens (tertiary/aromatic N) is 1. The third kappa shape index (κ3) is 1.20. The molecule has 0 aliphatic heterocycles. The van der Waals surface area contributed by atoms with E-state index in [4.69, 9.17) is 4.42 Å². The normalized spacial score (nSPS) is 19.5. The van der Waals surface area contributed by atoms with Crippen molar-refractivity contribution in [3.63, 3.8) is 0 Å². The van der Waals surface area contributed by atoms with Gasteiger partial charge in [0, 0.05) is 16.6 Å². The van der Waals surface area contributed by atoms with Gasteiger partial charge in [-0.3, -0.25) is 0 Å². The summed E-state index contributed by atoms with van der Waals surface area (Å²) in [5, 5.41) is 10.7. The number of aliphatic hydroxyl groups excluding tert-OH is 1. The van der Waals surface area contributed by atoms with E-state index in [1.165, 1.54) is 0 Å². The molecule has 1 atom stereocenters. The van der Waals surface area contributed by atoms with Crippen molar-refractivity contribution in [2.24, 2.45) is 0 Å². The third-order valence-corrected chi connectivity index (χ3v) is 2.71. The average Bonchev–Trinajstić information content (AvgIpc) is 2.57. The number of pyridine rings is 1. The first kappa shape index (κ1) is 8.68. The minimum absolute atomic E-state index is 0.528. The largest absolute Gasteiger partial charge is 0.439 e. The zero-order valence-electron chi connectivity index (χ0n) is 8.40. The number of hydrogen-bond acceptors (Lipinski definition) is 3. The van der Waals surface area contributed by atoms with Gasteiger partial charge in [-0.05, 0) is 25.5 Å². The first-order valence-electron chi connectivity index (χ1n) is 5.00. The predicted octanol–water partition coefficient (Wildman–Crippen LogP) is 2.59. The summed E-state index contributed by atoms with van der Waals surface area (Å²) >= 11 is 0. The van der Waals surface area contributed by atoms with Gasteiger partial charge >= 0.3 is 0 Å². The fraction of sp³-hybridized carbons (Fsp3) is 0.250. The Hall–Kier alpha value is -1.61. The molecule has 1 unspecified atom stereocenters. The van der Waals surface area contributed by atoms with Gasteiger partial charge < -0.3 is 9.52 Å². The van der Waals surface area contributed by atoms with Gasteiger partial charge in [0.15, 0.2) is 0 Å². The van der Waals surface area contributed by atoms with Crippen molar-refractivity contribution in [2.75, 3.05) is 0 Å². The van der Waals surface area contributed by atoms with Crippen molar-refractivity contribution >= 4 is 17.2 Å². The zero-order chi connectivity index (χ0) is 10.4. The molecular formula is C12H11NO2. The van der Waals surface area contributed by atoms with Crippen LogP contribution in [0.3, 0.4) is 0 Å². The summed E-state index contributed by atoms with van der Waals surface area (Å²) < 4.78 is 5.57. The van der Waals surface area contributed by atoms with Crippen LogP contribution in [0, 0.1) is 6.92 Å². The van der Waals surface area contributed by atoms with Crippen LogP contribution in [0.15, 0.2) is 22.6 Å². The Balaban J connectivity index is 2.36. The second kappa shape index (κ2) is 2.94. The maximum atomic E-state index is 9.76. The molecule has 3 rings (SSSR count). The Bertz CT molecular complexity index is 554. The van der Waals surface area contributed by atoms with Gasteiger partial charge in [0.25, 0.3) is 0 Å². The maximum absolute atomic E-state index is 9.76. The van der Waals surface area contributed by atoms with Crippen LogP contribution < -0.4 is 0 Å². The van der Waals surface area contributed by atoms with Gasteiger partial charge in [0.1, 0.15) is 11.9 Å². The van der Waals surface area contributed by atoms with Crippen LogP contribution in [0.4, 0.5) is 0 Å². The van der Waals surface area contributed by atoms with E-state index < -0.39 is 6.10 Å². The molecule has 2 aromatic rings. The van der Waals surface area contributed by atoms with E-state index >= 15 is 0 Å². The number of furan rings is 1. The summed E-state index contributed by atoms with van der Waals surface area (Å²) in [7, 11) is 0. The maximum Gasteiger partial charge on any atom is 0.227 e. The Labute approximate surface area is 87.1 Å². The lowest BCUT2D eigenvalue weighted by Crippen LogP contribution is -1.99. The highest BCUT2D eigenvalue weighted by atomic mass is 16.4. The lowest BCUT2D eigenvalue weighted by atomic mass is 10.0. The quantitative estimate of drug-likeness (QED) is 0.712. The van der Waals surface area contributed by atoms with Gasteiger partial charge in [-0.15, -0.1) is 0 Å². The highest BCUT2D eigenvalue weighted by Gasteiger charge is 2.21. The highest BCUT2D eigenvalue weighted by molar-refractivity contribution is 5.87. The molecule has 0 bridgehead atoms. The van der Waals surface area contributed by atoms with Gasteiger partial charge in [0.2, 0.25) is 5.71 Å². The number of aromatic nitrogens is 1. The number of rotatable bonds is 0. The van der Waals surface area contributed by atoms with Crippen LogP contribution in [-0.2, 0) is 0 Å². The van der Waals surface area contributed by atoms with Crippen LogP contribution in [-0.4, -0.2) is 10.1 Å². The van der Waals surface area contributed by atoms with Crippen LogP contribution in [0.5, 0.6) is 0 Å². The molecule has 0 fully saturated rings. The van der Waals surface area contributed by atoms with E-state index in [9.17, 15) is 5.11 Å². The molecule has 3 heteroatoms. The lowest BCUT2D eigenvalue weighted by molar-refractivity contribution is 0.153. The molecule has 0 aromatic carbocycles. The van der Waals surface area contributed by atoms with E-state index in [2.05, 4.69) is 4.98 Å². The van der Waals surface area contributed by atoms with Gasteiger partial charge in [-0.25, -0.2) is 4.98 Å². The fourth-order valence-electron chi connectivity index (χ4n) is 1.95. The van der Waals surface area contributed by atoms with Crippen molar-refractivity contribution in [3.8, 4) is 0 Å². The monoisotopic (exact) mass is 201 g/mol. The standard InChI is InChI=1S/C12H11NO2/c1-7-5-6-9-8-3-2-4-10(14)11(8)15-12(9)13-7/h2-3,5-6,10,14H,4H2,1H3. The summed E-state index contributed by atoms with van der Waals surface area (Å²) in [5.74, 6) is 0.644. The number of hydrogen-bond donors (Lipinski definition) is 1. The summed E-state index contributed by atoms with van der Waals surface area (Å²) in [4.78, 5) is 4.30. The molecule has 0 saturated carbocycles. The van der Waals surface area contributed by atoms with Crippen molar-refractivity contribution < 1.29 is 9.52 Å². The zero-order valence-corrected chi connectivity index (χ0v) is 8.40.